The lowest BCUT2D eigenvalue weighted by molar-refractivity contribution is -0.147. The first kappa shape index (κ1) is 16.4. The minimum absolute atomic E-state index is 0.0645. The van der Waals surface area contributed by atoms with Crippen LogP contribution in [0.3, 0.4) is 0 Å². The van der Waals surface area contributed by atoms with Crippen LogP contribution in [0.5, 0.6) is 0 Å². The molecule has 0 radical (unpaired) electrons. The molecule has 112 valence electrons. The lowest BCUT2D eigenvalue weighted by Crippen LogP contribution is -2.50. The highest BCUT2D eigenvalue weighted by atomic mass is 16.5. The molecule has 1 aliphatic rings. The number of nitrogens with two attached hydrogens (primary N) is 1. The molecule has 1 heterocycles. The van der Waals surface area contributed by atoms with Crippen LogP contribution >= 0.6 is 0 Å². The van der Waals surface area contributed by atoms with Crippen LogP contribution in [0.4, 0.5) is 0 Å². The molecule has 0 bridgehead atoms. The first-order valence-corrected chi connectivity index (χ1v) is 6.52. The van der Waals surface area contributed by atoms with Crippen LogP contribution in [0.25, 0.3) is 0 Å². The Labute approximate surface area is 115 Å². The van der Waals surface area contributed by atoms with Gasteiger partial charge in [0.2, 0.25) is 0 Å². The Morgan fingerprint density at radius 1 is 1.32 bits per heavy atom. The van der Waals surface area contributed by atoms with Crippen molar-refractivity contribution in [3.63, 3.8) is 0 Å². The van der Waals surface area contributed by atoms with Crippen molar-refractivity contribution in [1.29, 1.82) is 0 Å². The standard InChI is InChI=1S/C13H26N2O4/c1-9(6-13(2,14)12(16)19-5)15-7-10(17-3)11(8-15)18-4/h9-11H,6-8,14H2,1-5H3. The molecule has 0 aromatic heterocycles. The van der Waals surface area contributed by atoms with Gasteiger partial charge in [0.15, 0.2) is 0 Å². The molecule has 0 aromatic rings. The molecular weight excluding hydrogens is 248 g/mol. The molecule has 2 N–H and O–H groups in total. The number of carbonyl (C=O) groups is 1. The SMILES string of the molecule is COC(=O)C(C)(N)CC(C)N1CC(OC)C(OC)C1. The lowest BCUT2D eigenvalue weighted by atomic mass is 9.94. The molecule has 0 saturated carbocycles. The molecule has 0 aliphatic carbocycles. The highest BCUT2D eigenvalue weighted by molar-refractivity contribution is 5.79. The van der Waals surface area contributed by atoms with Crippen LogP contribution in [0.1, 0.15) is 20.3 Å². The molecular formula is C13H26N2O4. The maximum Gasteiger partial charge on any atom is 0.325 e. The second-order valence-corrected chi connectivity index (χ2v) is 5.46. The molecule has 6 nitrogen and oxygen atoms in total. The average Bonchev–Trinajstić information content (AvgIpc) is 2.80. The summed E-state index contributed by atoms with van der Waals surface area (Å²) in [6.07, 6.45) is 0.663. The minimum atomic E-state index is -0.970. The van der Waals surface area contributed by atoms with Gasteiger partial charge in [-0.15, -0.1) is 0 Å². The Morgan fingerprint density at radius 3 is 2.16 bits per heavy atom. The van der Waals surface area contributed by atoms with Crippen LogP contribution in [0.2, 0.25) is 0 Å². The van der Waals surface area contributed by atoms with E-state index in [1.165, 1.54) is 7.11 Å². The predicted octanol–water partition coefficient (Wildman–Crippen LogP) is 0.00100. The van der Waals surface area contributed by atoms with Gasteiger partial charge in [0, 0.05) is 33.4 Å². The summed E-state index contributed by atoms with van der Waals surface area (Å²) >= 11 is 0. The van der Waals surface area contributed by atoms with Gasteiger partial charge in [0.1, 0.15) is 5.54 Å². The summed E-state index contributed by atoms with van der Waals surface area (Å²) in [5, 5.41) is 0. The van der Waals surface area contributed by atoms with E-state index < -0.39 is 5.54 Å². The first-order valence-electron chi connectivity index (χ1n) is 6.52. The second kappa shape index (κ2) is 6.65. The molecule has 4 unspecified atom stereocenters. The van der Waals surface area contributed by atoms with Crippen molar-refractivity contribution >= 4 is 5.97 Å². The smallest absolute Gasteiger partial charge is 0.325 e. The van der Waals surface area contributed by atoms with Crippen LogP contribution < -0.4 is 5.73 Å². The zero-order valence-corrected chi connectivity index (χ0v) is 12.5. The van der Waals surface area contributed by atoms with E-state index in [0.717, 1.165) is 13.1 Å². The largest absolute Gasteiger partial charge is 0.468 e. The third-order valence-electron chi connectivity index (χ3n) is 3.84. The van der Waals surface area contributed by atoms with Crippen LogP contribution in [-0.4, -0.2) is 69.1 Å². The Balaban J connectivity index is 2.60. The zero-order valence-electron chi connectivity index (χ0n) is 12.5. The van der Waals surface area contributed by atoms with Crippen molar-refractivity contribution in [1.82, 2.24) is 4.90 Å². The molecule has 0 aromatic carbocycles. The van der Waals surface area contributed by atoms with Gasteiger partial charge in [-0.1, -0.05) is 0 Å². The van der Waals surface area contributed by atoms with E-state index in [-0.39, 0.29) is 24.2 Å². The second-order valence-electron chi connectivity index (χ2n) is 5.46. The molecule has 1 rings (SSSR count). The van der Waals surface area contributed by atoms with E-state index in [4.69, 9.17) is 19.9 Å². The number of likely N-dealkylation sites (tertiary alicyclic amines) is 1. The summed E-state index contributed by atoms with van der Waals surface area (Å²) in [5.41, 5.74) is 5.04. The van der Waals surface area contributed by atoms with E-state index in [0.29, 0.717) is 6.42 Å². The van der Waals surface area contributed by atoms with Gasteiger partial charge in [-0.2, -0.15) is 0 Å². The molecule has 1 fully saturated rings. The third kappa shape index (κ3) is 3.89. The highest BCUT2D eigenvalue weighted by Gasteiger charge is 2.39. The molecule has 0 spiro atoms. The number of esters is 1. The molecule has 1 aliphatic heterocycles. The summed E-state index contributed by atoms with van der Waals surface area (Å²) in [6, 6.07) is 0.159. The fourth-order valence-corrected chi connectivity index (χ4v) is 2.64. The van der Waals surface area contributed by atoms with Crippen LogP contribution in [0.15, 0.2) is 0 Å². The summed E-state index contributed by atoms with van der Waals surface area (Å²) < 4.78 is 15.5. The van der Waals surface area contributed by atoms with Crippen molar-refractivity contribution in [3.8, 4) is 0 Å². The first-order chi connectivity index (χ1) is 8.85. The number of carbonyl (C=O) groups excluding carboxylic acids is 1. The van der Waals surface area contributed by atoms with Crippen LogP contribution in [0, 0.1) is 0 Å². The Bertz CT molecular complexity index is 297. The van der Waals surface area contributed by atoms with Crippen LogP contribution in [-0.2, 0) is 19.0 Å². The normalized spacial score (nSPS) is 28.9. The number of nitrogens with zero attached hydrogens (tertiary/aromatic N) is 1. The van der Waals surface area contributed by atoms with E-state index in [1.54, 1.807) is 21.1 Å². The van der Waals surface area contributed by atoms with E-state index in [9.17, 15) is 4.79 Å². The van der Waals surface area contributed by atoms with E-state index in [1.807, 2.05) is 0 Å². The van der Waals surface area contributed by atoms with Crippen molar-refractivity contribution < 1.29 is 19.0 Å². The van der Waals surface area contributed by atoms with Gasteiger partial charge in [-0.05, 0) is 20.3 Å². The van der Waals surface area contributed by atoms with Gasteiger partial charge in [-0.25, -0.2) is 0 Å². The topological polar surface area (TPSA) is 74.0 Å². The van der Waals surface area contributed by atoms with Crippen molar-refractivity contribution in [2.24, 2.45) is 5.73 Å². The number of hydrogen-bond donors (Lipinski definition) is 1. The van der Waals surface area contributed by atoms with Gasteiger partial charge in [-0.3, -0.25) is 9.69 Å². The summed E-state index contributed by atoms with van der Waals surface area (Å²) in [5.74, 6) is -0.384. The Kier molecular flexibility index (Phi) is 5.73. The molecule has 0 amide bonds. The monoisotopic (exact) mass is 274 g/mol. The van der Waals surface area contributed by atoms with Gasteiger partial charge in [0.05, 0.1) is 19.3 Å². The maximum atomic E-state index is 11.6. The van der Waals surface area contributed by atoms with Gasteiger partial charge < -0.3 is 19.9 Å². The average molecular weight is 274 g/mol. The quantitative estimate of drug-likeness (QED) is 0.687. The fraction of sp³-hybridized carbons (Fsp3) is 0.923. The lowest BCUT2D eigenvalue weighted by Gasteiger charge is -2.30. The Hall–Kier alpha value is -0.690. The Morgan fingerprint density at radius 2 is 1.79 bits per heavy atom. The number of methoxy groups -OCH3 is 3. The molecule has 4 atom stereocenters. The number of hydrogen-bond acceptors (Lipinski definition) is 6. The summed E-state index contributed by atoms with van der Waals surface area (Å²) in [6.45, 7) is 5.33. The van der Waals surface area contributed by atoms with Crippen molar-refractivity contribution in [2.75, 3.05) is 34.4 Å². The van der Waals surface area contributed by atoms with Gasteiger partial charge >= 0.3 is 5.97 Å². The van der Waals surface area contributed by atoms with Crippen molar-refractivity contribution in [2.45, 2.75) is 44.1 Å². The summed E-state index contributed by atoms with van der Waals surface area (Å²) in [7, 11) is 4.73. The fourth-order valence-electron chi connectivity index (χ4n) is 2.64. The molecule has 1 saturated heterocycles. The van der Waals surface area contributed by atoms with E-state index >= 15 is 0 Å². The zero-order chi connectivity index (χ0) is 14.6. The molecule has 6 heteroatoms. The minimum Gasteiger partial charge on any atom is -0.468 e. The molecule has 19 heavy (non-hydrogen) atoms. The number of rotatable bonds is 6. The van der Waals surface area contributed by atoms with E-state index in [2.05, 4.69) is 11.8 Å². The highest BCUT2D eigenvalue weighted by Crippen LogP contribution is 2.22. The maximum absolute atomic E-state index is 11.6. The third-order valence-corrected chi connectivity index (χ3v) is 3.84. The van der Waals surface area contributed by atoms with Gasteiger partial charge in [0.25, 0.3) is 0 Å². The predicted molar refractivity (Wildman–Crippen MR) is 71.9 cm³/mol. The van der Waals surface area contributed by atoms with Crippen molar-refractivity contribution in [3.05, 3.63) is 0 Å². The summed E-state index contributed by atoms with van der Waals surface area (Å²) in [4.78, 5) is 13.8. The number of ether oxygens (including phenoxy) is 3.